The number of carbonyl (C=O) groups is 3. The topological polar surface area (TPSA) is 95.7 Å². The van der Waals surface area contributed by atoms with Crippen LogP contribution in [0.3, 0.4) is 0 Å². The van der Waals surface area contributed by atoms with E-state index >= 15 is 0 Å². The highest BCUT2D eigenvalue weighted by Gasteiger charge is 2.18. The number of nitrogens with one attached hydrogen (secondary N) is 1. The molecule has 0 aliphatic heterocycles. The lowest BCUT2D eigenvalue weighted by Crippen LogP contribution is -2.42. The molecule has 2 aromatic carbocycles. The van der Waals surface area contributed by atoms with E-state index in [4.69, 9.17) is 5.73 Å². The first-order valence-corrected chi connectivity index (χ1v) is 10.4. The molecule has 0 saturated carbocycles. The Labute approximate surface area is 185 Å². The van der Waals surface area contributed by atoms with Crippen LogP contribution in [0.1, 0.15) is 17.5 Å². The quantitative estimate of drug-likeness (QED) is 0.552. The second-order valence-corrected chi connectivity index (χ2v) is 8.11. The van der Waals surface area contributed by atoms with E-state index < -0.39 is 5.91 Å². The van der Waals surface area contributed by atoms with Crippen LogP contribution in [0, 0.1) is 6.92 Å². The molecular formula is C22H27BrN4O3. The fourth-order valence-corrected chi connectivity index (χ4v) is 3.41. The lowest BCUT2D eigenvalue weighted by atomic mass is 10.2. The van der Waals surface area contributed by atoms with Gasteiger partial charge in [0.1, 0.15) is 0 Å². The molecule has 0 aliphatic carbocycles. The van der Waals surface area contributed by atoms with Gasteiger partial charge in [-0.2, -0.15) is 0 Å². The van der Waals surface area contributed by atoms with Crippen molar-refractivity contribution in [2.24, 2.45) is 5.73 Å². The van der Waals surface area contributed by atoms with Crippen molar-refractivity contribution in [1.82, 2.24) is 9.80 Å². The fraction of sp³-hybridized carbons (Fsp3) is 0.318. The Balaban J connectivity index is 1.93. The summed E-state index contributed by atoms with van der Waals surface area (Å²) in [4.78, 5) is 39.6. The molecule has 3 N–H and O–H groups in total. The molecule has 30 heavy (non-hydrogen) atoms. The molecule has 0 spiro atoms. The number of nitrogens with two attached hydrogens (primary N) is 1. The summed E-state index contributed by atoms with van der Waals surface area (Å²) in [5.74, 6) is -0.837. The smallest absolute Gasteiger partial charge is 0.238 e. The monoisotopic (exact) mass is 474 g/mol. The number of primary amides is 1. The van der Waals surface area contributed by atoms with Gasteiger partial charge in [0, 0.05) is 29.7 Å². The molecule has 0 atom stereocenters. The zero-order valence-electron chi connectivity index (χ0n) is 17.2. The third-order valence-corrected chi connectivity index (χ3v) is 4.97. The number of nitrogens with zero attached hydrogens (tertiary/aromatic N) is 2. The van der Waals surface area contributed by atoms with Gasteiger partial charge in [0.15, 0.2) is 0 Å². The maximum absolute atomic E-state index is 12.8. The van der Waals surface area contributed by atoms with Crippen molar-refractivity contribution in [3.63, 3.8) is 0 Å². The predicted octanol–water partition coefficient (Wildman–Crippen LogP) is 2.53. The average Bonchev–Trinajstić information content (AvgIpc) is 2.67. The van der Waals surface area contributed by atoms with Crippen molar-refractivity contribution >= 4 is 39.3 Å². The van der Waals surface area contributed by atoms with E-state index in [0.29, 0.717) is 6.54 Å². The normalized spacial score (nSPS) is 10.7. The SMILES string of the molecule is Cc1cc(Br)ccc1NC(=O)CN(C)CC(=O)N(CCC(N)=O)Cc1ccccc1. The minimum Gasteiger partial charge on any atom is -0.370 e. The molecule has 160 valence electrons. The van der Waals surface area contributed by atoms with Gasteiger partial charge in [-0.1, -0.05) is 46.3 Å². The highest BCUT2D eigenvalue weighted by Crippen LogP contribution is 2.19. The van der Waals surface area contributed by atoms with Gasteiger partial charge < -0.3 is 16.0 Å². The van der Waals surface area contributed by atoms with Crippen molar-refractivity contribution in [3.05, 3.63) is 64.1 Å². The molecule has 2 aromatic rings. The van der Waals surface area contributed by atoms with Crippen LogP contribution in [0.4, 0.5) is 5.69 Å². The number of anilines is 1. The Hall–Kier alpha value is -2.71. The molecule has 3 amide bonds. The number of hydrogen-bond acceptors (Lipinski definition) is 4. The van der Waals surface area contributed by atoms with Crippen LogP contribution in [-0.4, -0.2) is 54.2 Å². The van der Waals surface area contributed by atoms with Gasteiger partial charge >= 0.3 is 0 Å². The second kappa shape index (κ2) is 11.5. The summed E-state index contributed by atoms with van der Waals surface area (Å²) in [6.45, 7) is 2.65. The van der Waals surface area contributed by atoms with E-state index in [0.717, 1.165) is 21.3 Å². The zero-order chi connectivity index (χ0) is 22.1. The summed E-state index contributed by atoms with van der Waals surface area (Å²) in [6.07, 6.45) is 0.0889. The summed E-state index contributed by atoms with van der Waals surface area (Å²) in [5, 5.41) is 2.86. The van der Waals surface area contributed by atoms with E-state index in [-0.39, 0.29) is 37.9 Å². The Bertz CT molecular complexity index is 889. The molecule has 0 fully saturated rings. The molecular weight excluding hydrogens is 448 g/mol. The van der Waals surface area contributed by atoms with Gasteiger partial charge in [-0.3, -0.25) is 19.3 Å². The molecule has 0 bridgehead atoms. The molecule has 0 aromatic heterocycles. The van der Waals surface area contributed by atoms with Crippen molar-refractivity contribution < 1.29 is 14.4 Å². The number of aryl methyl sites for hydroxylation is 1. The van der Waals surface area contributed by atoms with Gasteiger partial charge in [0.2, 0.25) is 17.7 Å². The van der Waals surface area contributed by atoms with E-state index in [1.807, 2.05) is 55.5 Å². The Morgan fingerprint density at radius 3 is 2.40 bits per heavy atom. The highest BCUT2D eigenvalue weighted by atomic mass is 79.9. The van der Waals surface area contributed by atoms with E-state index in [2.05, 4.69) is 21.2 Å². The van der Waals surface area contributed by atoms with Crippen molar-refractivity contribution in [2.75, 3.05) is 32.0 Å². The first-order chi connectivity index (χ1) is 14.2. The molecule has 7 nitrogen and oxygen atoms in total. The van der Waals surface area contributed by atoms with Crippen molar-refractivity contribution in [1.29, 1.82) is 0 Å². The van der Waals surface area contributed by atoms with Crippen LogP contribution < -0.4 is 11.1 Å². The number of carbonyl (C=O) groups excluding carboxylic acids is 3. The van der Waals surface area contributed by atoms with E-state index in [9.17, 15) is 14.4 Å². The minimum atomic E-state index is -0.460. The van der Waals surface area contributed by atoms with E-state index in [1.54, 1.807) is 16.8 Å². The van der Waals surface area contributed by atoms with Crippen LogP contribution in [0.5, 0.6) is 0 Å². The summed E-state index contributed by atoms with van der Waals surface area (Å²) in [7, 11) is 1.71. The van der Waals surface area contributed by atoms with Crippen LogP contribution >= 0.6 is 15.9 Å². The van der Waals surface area contributed by atoms with Gasteiger partial charge in [-0.05, 0) is 43.3 Å². The highest BCUT2D eigenvalue weighted by molar-refractivity contribution is 9.10. The van der Waals surface area contributed by atoms with E-state index in [1.165, 1.54) is 0 Å². The van der Waals surface area contributed by atoms with Crippen LogP contribution in [0.2, 0.25) is 0 Å². The largest absolute Gasteiger partial charge is 0.370 e. The molecule has 0 aliphatic rings. The number of hydrogen-bond donors (Lipinski definition) is 2. The third-order valence-electron chi connectivity index (χ3n) is 4.48. The summed E-state index contributed by atoms with van der Waals surface area (Å²) < 4.78 is 0.940. The minimum absolute atomic E-state index is 0.0539. The molecule has 2 rings (SSSR count). The van der Waals surface area contributed by atoms with Crippen LogP contribution in [0.25, 0.3) is 0 Å². The summed E-state index contributed by atoms with van der Waals surface area (Å²) >= 11 is 3.40. The Kier molecular flexibility index (Phi) is 9.01. The van der Waals surface area contributed by atoms with Crippen molar-refractivity contribution in [2.45, 2.75) is 19.9 Å². The number of amides is 3. The second-order valence-electron chi connectivity index (χ2n) is 7.20. The lowest BCUT2D eigenvalue weighted by Gasteiger charge is -2.25. The fourth-order valence-electron chi connectivity index (χ4n) is 2.93. The van der Waals surface area contributed by atoms with Gasteiger partial charge in [0.05, 0.1) is 13.1 Å². The zero-order valence-corrected chi connectivity index (χ0v) is 18.8. The van der Waals surface area contributed by atoms with Crippen LogP contribution in [-0.2, 0) is 20.9 Å². The first-order valence-electron chi connectivity index (χ1n) is 9.59. The van der Waals surface area contributed by atoms with Crippen molar-refractivity contribution in [3.8, 4) is 0 Å². The number of rotatable bonds is 10. The number of halogens is 1. The maximum Gasteiger partial charge on any atom is 0.238 e. The predicted molar refractivity (Wildman–Crippen MR) is 121 cm³/mol. The molecule has 0 radical (unpaired) electrons. The maximum atomic E-state index is 12.8. The van der Waals surface area contributed by atoms with Gasteiger partial charge in [-0.15, -0.1) is 0 Å². The number of likely N-dealkylation sites (N-methyl/N-ethyl adjacent to an activating group) is 1. The Morgan fingerprint density at radius 2 is 1.77 bits per heavy atom. The van der Waals surface area contributed by atoms with Gasteiger partial charge in [-0.25, -0.2) is 0 Å². The number of benzene rings is 2. The molecule has 0 unspecified atom stereocenters. The average molecular weight is 475 g/mol. The van der Waals surface area contributed by atoms with Gasteiger partial charge in [0.25, 0.3) is 0 Å². The third kappa shape index (κ3) is 7.96. The summed E-state index contributed by atoms with van der Waals surface area (Å²) in [5.41, 5.74) is 7.89. The molecule has 8 heteroatoms. The molecule has 0 saturated heterocycles. The molecule has 0 heterocycles. The Morgan fingerprint density at radius 1 is 1.07 bits per heavy atom. The van der Waals surface area contributed by atoms with Crippen LogP contribution in [0.15, 0.2) is 53.0 Å². The standard InChI is InChI=1S/C22H27BrN4O3/c1-16-12-18(23)8-9-19(16)25-21(29)14-26(2)15-22(30)27(11-10-20(24)28)13-17-6-4-3-5-7-17/h3-9,12H,10-11,13-15H2,1-2H3,(H2,24,28)(H,25,29). The lowest BCUT2D eigenvalue weighted by molar-refractivity contribution is -0.133. The summed E-state index contributed by atoms with van der Waals surface area (Å²) in [6, 6.07) is 15.1. The first kappa shape index (κ1) is 23.6.